The molecule has 0 heterocycles. The molecule has 0 bridgehead atoms. The molecule has 152 valence electrons. The molecule has 2 rings (SSSR count). The molecule has 0 aliphatic heterocycles. The second-order valence-corrected chi connectivity index (χ2v) is 8.47. The van der Waals surface area contributed by atoms with Crippen molar-refractivity contribution >= 4 is 23.4 Å². The van der Waals surface area contributed by atoms with E-state index in [1.807, 2.05) is 63.2 Å². The van der Waals surface area contributed by atoms with E-state index >= 15 is 0 Å². The lowest BCUT2D eigenvalue weighted by Crippen LogP contribution is -2.24. The van der Waals surface area contributed by atoms with Crippen molar-refractivity contribution in [1.82, 2.24) is 0 Å². The highest BCUT2D eigenvalue weighted by molar-refractivity contribution is 7.99. The Morgan fingerprint density at radius 2 is 1.89 bits per heavy atom. The molecule has 0 saturated heterocycles. The van der Waals surface area contributed by atoms with Crippen LogP contribution < -0.4 is 10.5 Å². The second kappa shape index (κ2) is 10.4. The van der Waals surface area contributed by atoms with Crippen molar-refractivity contribution in [2.75, 3.05) is 19.0 Å². The molecule has 2 N–H and O–H groups in total. The summed E-state index contributed by atoms with van der Waals surface area (Å²) in [6.45, 7) is 5.46. The third-order valence-electron chi connectivity index (χ3n) is 3.74. The second-order valence-electron chi connectivity index (χ2n) is 7.39. The first-order chi connectivity index (χ1) is 13.3. The molecule has 0 aliphatic rings. The number of carbonyl (C=O) groups excluding carboxylic acids is 1. The number of nitrogens with two attached hydrogens (primary N) is 1. The predicted octanol–water partition coefficient (Wildman–Crippen LogP) is 5.43. The topological polar surface area (TPSA) is 61.5 Å². The van der Waals surface area contributed by atoms with E-state index in [0.717, 1.165) is 15.4 Å². The Hall–Kier alpha value is -2.21. The standard InChI is InChI=1S/C22H28FNO3S/c1-22(2,3)27-21(25)12-9-16-15-17(26-14-6-13-23)10-11-19(16)28-20-8-5-4-7-18(20)24/h4-5,7-8,10-11,15H,6,9,12-14,24H2,1-3H3. The molecule has 0 spiro atoms. The van der Waals surface area contributed by atoms with E-state index in [1.165, 1.54) is 0 Å². The SMILES string of the molecule is CC(C)(C)OC(=O)CCc1cc(OCCCF)ccc1Sc1ccccc1N. The zero-order valence-corrected chi connectivity index (χ0v) is 17.5. The normalized spacial score (nSPS) is 11.3. The minimum Gasteiger partial charge on any atom is -0.493 e. The van der Waals surface area contributed by atoms with Crippen LogP contribution >= 0.6 is 11.8 Å². The van der Waals surface area contributed by atoms with E-state index in [2.05, 4.69) is 0 Å². The van der Waals surface area contributed by atoms with Gasteiger partial charge in [0, 0.05) is 28.3 Å². The van der Waals surface area contributed by atoms with Crippen molar-refractivity contribution in [3.63, 3.8) is 0 Å². The van der Waals surface area contributed by atoms with Crippen LogP contribution in [0, 0.1) is 0 Å². The smallest absolute Gasteiger partial charge is 0.306 e. The molecule has 0 fully saturated rings. The van der Waals surface area contributed by atoms with Gasteiger partial charge in [0.1, 0.15) is 11.4 Å². The summed E-state index contributed by atoms with van der Waals surface area (Å²) < 4.78 is 23.3. The molecule has 0 aromatic heterocycles. The number of ether oxygens (including phenoxy) is 2. The summed E-state index contributed by atoms with van der Waals surface area (Å²) in [7, 11) is 0. The molecule has 2 aromatic carbocycles. The number of esters is 1. The summed E-state index contributed by atoms with van der Waals surface area (Å²) in [5, 5.41) is 0. The van der Waals surface area contributed by atoms with Gasteiger partial charge in [-0.05, 0) is 63.1 Å². The maximum Gasteiger partial charge on any atom is 0.306 e. The average molecular weight is 406 g/mol. The summed E-state index contributed by atoms with van der Waals surface area (Å²) in [5.41, 5.74) is 7.23. The van der Waals surface area contributed by atoms with Gasteiger partial charge in [0.2, 0.25) is 0 Å². The number of aryl methyl sites for hydroxylation is 1. The molecule has 0 radical (unpaired) electrons. The highest BCUT2D eigenvalue weighted by Gasteiger charge is 2.17. The molecule has 0 amide bonds. The van der Waals surface area contributed by atoms with Gasteiger partial charge in [0.25, 0.3) is 0 Å². The third-order valence-corrected chi connectivity index (χ3v) is 4.95. The Balaban J connectivity index is 2.17. The van der Waals surface area contributed by atoms with Crippen LogP contribution in [-0.4, -0.2) is 24.9 Å². The van der Waals surface area contributed by atoms with Crippen LogP contribution in [0.1, 0.15) is 39.2 Å². The maximum absolute atomic E-state index is 12.3. The third kappa shape index (κ3) is 7.43. The first kappa shape index (κ1) is 22.1. The molecule has 0 atom stereocenters. The van der Waals surface area contributed by atoms with Crippen LogP contribution in [0.4, 0.5) is 10.1 Å². The Labute approximate surface area is 170 Å². The number of alkyl halides is 1. The summed E-state index contributed by atoms with van der Waals surface area (Å²) in [4.78, 5) is 14.1. The first-order valence-electron chi connectivity index (χ1n) is 9.34. The molecule has 28 heavy (non-hydrogen) atoms. The fourth-order valence-corrected chi connectivity index (χ4v) is 3.50. The van der Waals surface area contributed by atoms with Gasteiger partial charge < -0.3 is 15.2 Å². The van der Waals surface area contributed by atoms with Gasteiger partial charge in [-0.25, -0.2) is 0 Å². The van der Waals surface area contributed by atoms with Crippen LogP contribution in [0.3, 0.4) is 0 Å². The number of carbonyl (C=O) groups is 1. The molecule has 0 aliphatic carbocycles. The van der Waals surface area contributed by atoms with Gasteiger partial charge in [-0.1, -0.05) is 23.9 Å². The largest absolute Gasteiger partial charge is 0.493 e. The molecule has 2 aromatic rings. The van der Waals surface area contributed by atoms with Crippen molar-refractivity contribution < 1.29 is 18.7 Å². The lowest BCUT2D eigenvalue weighted by Gasteiger charge is -2.20. The molecule has 6 heteroatoms. The van der Waals surface area contributed by atoms with Crippen LogP contribution in [0.15, 0.2) is 52.3 Å². The molecular weight excluding hydrogens is 377 g/mol. The van der Waals surface area contributed by atoms with Crippen molar-refractivity contribution in [1.29, 1.82) is 0 Å². The Kier molecular flexibility index (Phi) is 8.18. The van der Waals surface area contributed by atoms with Crippen molar-refractivity contribution in [2.45, 2.75) is 55.4 Å². The molecular formula is C22H28FNO3S. The highest BCUT2D eigenvalue weighted by atomic mass is 32.2. The molecule has 4 nitrogen and oxygen atoms in total. The van der Waals surface area contributed by atoms with Gasteiger partial charge >= 0.3 is 5.97 Å². The number of anilines is 1. The number of benzene rings is 2. The fraction of sp³-hybridized carbons (Fsp3) is 0.409. The van der Waals surface area contributed by atoms with Crippen LogP contribution in [-0.2, 0) is 16.0 Å². The van der Waals surface area contributed by atoms with Crippen LogP contribution in [0.2, 0.25) is 0 Å². The minimum atomic E-state index is -0.509. The number of rotatable bonds is 9. The maximum atomic E-state index is 12.3. The van der Waals surface area contributed by atoms with E-state index in [4.69, 9.17) is 15.2 Å². The summed E-state index contributed by atoms with van der Waals surface area (Å²) in [5.74, 6) is 0.421. The summed E-state index contributed by atoms with van der Waals surface area (Å²) in [6.07, 6.45) is 1.14. The van der Waals surface area contributed by atoms with Gasteiger partial charge in [-0.15, -0.1) is 0 Å². The highest BCUT2D eigenvalue weighted by Crippen LogP contribution is 2.36. The predicted molar refractivity (Wildman–Crippen MR) is 112 cm³/mol. The lowest BCUT2D eigenvalue weighted by molar-refractivity contribution is -0.154. The van der Waals surface area contributed by atoms with Gasteiger partial charge in [0.05, 0.1) is 13.3 Å². The number of para-hydroxylation sites is 1. The quantitative estimate of drug-likeness (QED) is 0.342. The first-order valence-corrected chi connectivity index (χ1v) is 10.2. The van der Waals surface area contributed by atoms with Gasteiger partial charge in [0.15, 0.2) is 0 Å². The van der Waals surface area contributed by atoms with E-state index in [0.29, 0.717) is 30.9 Å². The number of halogens is 1. The Bertz CT molecular complexity index is 790. The molecule has 0 saturated carbocycles. The molecule has 0 unspecified atom stereocenters. The zero-order chi connectivity index (χ0) is 20.6. The van der Waals surface area contributed by atoms with Crippen LogP contribution in [0.25, 0.3) is 0 Å². The monoisotopic (exact) mass is 405 g/mol. The summed E-state index contributed by atoms with van der Waals surface area (Å²) >= 11 is 1.55. The van der Waals surface area contributed by atoms with Crippen molar-refractivity contribution in [2.24, 2.45) is 0 Å². The van der Waals surface area contributed by atoms with E-state index < -0.39 is 12.3 Å². The van der Waals surface area contributed by atoms with Gasteiger partial charge in [-0.2, -0.15) is 0 Å². The van der Waals surface area contributed by atoms with E-state index in [1.54, 1.807) is 11.8 Å². The number of hydrogen-bond donors (Lipinski definition) is 1. The Morgan fingerprint density at radius 3 is 2.57 bits per heavy atom. The Morgan fingerprint density at radius 1 is 1.14 bits per heavy atom. The van der Waals surface area contributed by atoms with Gasteiger partial charge in [-0.3, -0.25) is 9.18 Å². The van der Waals surface area contributed by atoms with E-state index in [-0.39, 0.29) is 12.4 Å². The average Bonchev–Trinajstić information content (AvgIpc) is 2.62. The minimum absolute atomic E-state index is 0.244. The number of nitrogen functional groups attached to an aromatic ring is 1. The van der Waals surface area contributed by atoms with E-state index in [9.17, 15) is 9.18 Å². The fourth-order valence-electron chi connectivity index (χ4n) is 2.51. The van der Waals surface area contributed by atoms with Crippen molar-refractivity contribution in [3.05, 3.63) is 48.0 Å². The zero-order valence-electron chi connectivity index (χ0n) is 16.7. The summed E-state index contributed by atoms with van der Waals surface area (Å²) in [6, 6.07) is 13.4. The lowest BCUT2D eigenvalue weighted by atomic mass is 10.1. The van der Waals surface area contributed by atoms with Crippen molar-refractivity contribution in [3.8, 4) is 5.75 Å². The number of hydrogen-bond acceptors (Lipinski definition) is 5. The van der Waals surface area contributed by atoms with Crippen LogP contribution in [0.5, 0.6) is 5.75 Å².